The Bertz CT molecular complexity index is 793. The van der Waals surface area contributed by atoms with Gasteiger partial charge in [0.2, 0.25) is 0 Å². The van der Waals surface area contributed by atoms with E-state index in [1.807, 2.05) is 41.8 Å². The molecule has 0 unspecified atom stereocenters. The molecule has 20 heavy (non-hydrogen) atoms. The molecule has 1 aromatic carbocycles. The summed E-state index contributed by atoms with van der Waals surface area (Å²) in [5.41, 5.74) is 4.72. The zero-order chi connectivity index (χ0) is 14.3. The van der Waals surface area contributed by atoms with E-state index >= 15 is 0 Å². The highest BCUT2D eigenvalue weighted by Crippen LogP contribution is 2.31. The SMILES string of the molecule is Cc1ccc2nc(-c3ccc(Cl)c(Cl)c3)c(CCl)n2c1. The van der Waals surface area contributed by atoms with Crippen LogP contribution in [-0.4, -0.2) is 9.38 Å². The zero-order valence-electron chi connectivity index (χ0n) is 10.7. The molecule has 0 radical (unpaired) electrons. The number of rotatable bonds is 2. The second-order valence-electron chi connectivity index (χ2n) is 4.60. The average Bonchev–Trinajstić information content (AvgIpc) is 2.79. The number of fused-ring (bicyclic) bond motifs is 1. The lowest BCUT2D eigenvalue weighted by Gasteiger charge is -2.03. The Morgan fingerprint density at radius 3 is 2.60 bits per heavy atom. The third-order valence-electron chi connectivity index (χ3n) is 3.18. The maximum Gasteiger partial charge on any atom is 0.137 e. The van der Waals surface area contributed by atoms with Crippen molar-refractivity contribution in [3.05, 3.63) is 57.8 Å². The maximum atomic E-state index is 6.11. The Kier molecular flexibility index (Phi) is 3.63. The minimum absolute atomic E-state index is 0.375. The third-order valence-corrected chi connectivity index (χ3v) is 4.18. The van der Waals surface area contributed by atoms with E-state index in [-0.39, 0.29) is 0 Å². The van der Waals surface area contributed by atoms with Gasteiger partial charge in [-0.25, -0.2) is 4.98 Å². The minimum Gasteiger partial charge on any atom is -0.302 e. The van der Waals surface area contributed by atoms with Gasteiger partial charge in [-0.3, -0.25) is 0 Å². The number of aromatic nitrogens is 2. The standard InChI is InChI=1S/C15H11Cl3N2/c1-9-2-5-14-19-15(13(7-16)20(14)8-9)10-3-4-11(17)12(18)6-10/h2-6,8H,7H2,1H3. The van der Waals surface area contributed by atoms with Crippen LogP contribution in [-0.2, 0) is 5.88 Å². The number of alkyl halides is 1. The summed E-state index contributed by atoms with van der Waals surface area (Å²) in [5, 5.41) is 1.04. The number of hydrogen-bond donors (Lipinski definition) is 0. The molecule has 0 amide bonds. The summed E-state index contributed by atoms with van der Waals surface area (Å²) < 4.78 is 2.01. The Labute approximate surface area is 131 Å². The first-order valence-electron chi connectivity index (χ1n) is 6.09. The van der Waals surface area contributed by atoms with Crippen molar-refractivity contribution in [1.29, 1.82) is 0 Å². The van der Waals surface area contributed by atoms with E-state index in [4.69, 9.17) is 34.8 Å². The van der Waals surface area contributed by atoms with Crippen molar-refractivity contribution >= 4 is 40.4 Å². The van der Waals surface area contributed by atoms with E-state index < -0.39 is 0 Å². The van der Waals surface area contributed by atoms with Crippen LogP contribution in [0.1, 0.15) is 11.3 Å². The van der Waals surface area contributed by atoms with Crippen molar-refractivity contribution in [2.45, 2.75) is 12.8 Å². The van der Waals surface area contributed by atoms with Crippen LogP contribution < -0.4 is 0 Å². The van der Waals surface area contributed by atoms with Crippen LogP contribution in [0.4, 0.5) is 0 Å². The first-order valence-corrected chi connectivity index (χ1v) is 7.38. The lowest BCUT2D eigenvalue weighted by molar-refractivity contribution is 1.07. The molecule has 0 bridgehead atoms. The van der Waals surface area contributed by atoms with Crippen LogP contribution in [0.25, 0.3) is 16.9 Å². The molecule has 0 saturated carbocycles. The van der Waals surface area contributed by atoms with Crippen LogP contribution in [0.2, 0.25) is 10.0 Å². The van der Waals surface area contributed by atoms with E-state index in [0.29, 0.717) is 15.9 Å². The van der Waals surface area contributed by atoms with Gasteiger partial charge in [0, 0.05) is 11.8 Å². The number of nitrogens with zero attached hydrogens (tertiary/aromatic N) is 2. The fourth-order valence-corrected chi connectivity index (χ4v) is 2.76. The third kappa shape index (κ3) is 2.28. The lowest BCUT2D eigenvalue weighted by atomic mass is 10.1. The smallest absolute Gasteiger partial charge is 0.137 e. The molecule has 3 rings (SSSR count). The largest absolute Gasteiger partial charge is 0.302 e. The van der Waals surface area contributed by atoms with Gasteiger partial charge < -0.3 is 4.40 Å². The van der Waals surface area contributed by atoms with Gasteiger partial charge in [-0.15, -0.1) is 11.6 Å². The number of pyridine rings is 1. The highest BCUT2D eigenvalue weighted by Gasteiger charge is 2.14. The summed E-state index contributed by atoms with van der Waals surface area (Å²) in [6.07, 6.45) is 2.03. The van der Waals surface area contributed by atoms with Crippen molar-refractivity contribution in [3.8, 4) is 11.3 Å². The van der Waals surface area contributed by atoms with Gasteiger partial charge in [-0.1, -0.05) is 35.3 Å². The molecular formula is C15H11Cl3N2. The predicted molar refractivity (Wildman–Crippen MR) is 84.9 cm³/mol. The first-order chi connectivity index (χ1) is 9.60. The summed E-state index contributed by atoms with van der Waals surface area (Å²) in [5.74, 6) is 0.375. The van der Waals surface area contributed by atoms with Crippen LogP contribution in [0.15, 0.2) is 36.5 Å². The molecule has 0 N–H and O–H groups in total. The Hall–Kier alpha value is -1.22. The Morgan fingerprint density at radius 1 is 1.10 bits per heavy atom. The van der Waals surface area contributed by atoms with E-state index in [0.717, 1.165) is 28.2 Å². The highest BCUT2D eigenvalue weighted by atomic mass is 35.5. The van der Waals surface area contributed by atoms with Gasteiger partial charge >= 0.3 is 0 Å². The fourth-order valence-electron chi connectivity index (χ4n) is 2.20. The molecule has 0 aliphatic carbocycles. The highest BCUT2D eigenvalue weighted by molar-refractivity contribution is 6.42. The van der Waals surface area contributed by atoms with Crippen LogP contribution in [0.5, 0.6) is 0 Å². The summed E-state index contributed by atoms with van der Waals surface area (Å²) in [7, 11) is 0. The molecule has 0 saturated heterocycles. The number of aryl methyl sites for hydroxylation is 1. The molecule has 0 fully saturated rings. The molecule has 5 heteroatoms. The first kappa shape index (κ1) is 13.7. The van der Waals surface area contributed by atoms with Crippen LogP contribution in [0, 0.1) is 6.92 Å². The van der Waals surface area contributed by atoms with Gasteiger partial charge in [-0.05, 0) is 30.7 Å². The van der Waals surface area contributed by atoms with Crippen molar-refractivity contribution < 1.29 is 0 Å². The number of hydrogen-bond acceptors (Lipinski definition) is 1. The summed E-state index contributed by atoms with van der Waals surface area (Å²) >= 11 is 18.1. The predicted octanol–water partition coefficient (Wildman–Crippen LogP) is 5.36. The lowest BCUT2D eigenvalue weighted by Crippen LogP contribution is -1.92. The summed E-state index contributed by atoms with van der Waals surface area (Å²) in [6, 6.07) is 9.49. The molecular weight excluding hydrogens is 315 g/mol. The van der Waals surface area contributed by atoms with Gasteiger partial charge in [-0.2, -0.15) is 0 Å². The average molecular weight is 326 g/mol. The van der Waals surface area contributed by atoms with Crippen molar-refractivity contribution in [2.75, 3.05) is 0 Å². The van der Waals surface area contributed by atoms with E-state index in [1.165, 1.54) is 0 Å². The number of imidazole rings is 1. The van der Waals surface area contributed by atoms with Crippen molar-refractivity contribution in [1.82, 2.24) is 9.38 Å². The molecule has 0 spiro atoms. The molecule has 2 aromatic heterocycles. The van der Waals surface area contributed by atoms with Gasteiger partial charge in [0.1, 0.15) is 5.65 Å². The monoisotopic (exact) mass is 324 g/mol. The molecule has 2 nitrogen and oxygen atoms in total. The zero-order valence-corrected chi connectivity index (χ0v) is 13.0. The second kappa shape index (κ2) is 5.28. The summed E-state index contributed by atoms with van der Waals surface area (Å²) in [4.78, 5) is 4.64. The van der Waals surface area contributed by atoms with Crippen molar-refractivity contribution in [2.24, 2.45) is 0 Å². The number of halogens is 3. The normalized spacial score (nSPS) is 11.2. The second-order valence-corrected chi connectivity index (χ2v) is 5.69. The molecule has 102 valence electrons. The minimum atomic E-state index is 0.375. The molecule has 2 heterocycles. The van der Waals surface area contributed by atoms with Crippen LogP contribution >= 0.6 is 34.8 Å². The fraction of sp³-hybridized carbons (Fsp3) is 0.133. The van der Waals surface area contributed by atoms with E-state index in [9.17, 15) is 0 Å². The topological polar surface area (TPSA) is 17.3 Å². The summed E-state index contributed by atoms with van der Waals surface area (Å²) in [6.45, 7) is 2.04. The van der Waals surface area contributed by atoms with E-state index in [2.05, 4.69) is 4.98 Å². The van der Waals surface area contributed by atoms with Gasteiger partial charge in [0.05, 0.1) is 27.3 Å². The quantitative estimate of drug-likeness (QED) is 0.580. The Morgan fingerprint density at radius 2 is 1.90 bits per heavy atom. The van der Waals surface area contributed by atoms with E-state index in [1.54, 1.807) is 6.07 Å². The molecule has 0 atom stereocenters. The van der Waals surface area contributed by atoms with Gasteiger partial charge in [0.15, 0.2) is 0 Å². The van der Waals surface area contributed by atoms with Crippen molar-refractivity contribution in [3.63, 3.8) is 0 Å². The number of benzene rings is 1. The maximum absolute atomic E-state index is 6.11. The van der Waals surface area contributed by atoms with Crippen LogP contribution in [0.3, 0.4) is 0 Å². The van der Waals surface area contributed by atoms with Gasteiger partial charge in [0.25, 0.3) is 0 Å². The molecule has 0 aliphatic heterocycles. The Balaban J connectivity index is 2.27. The molecule has 3 aromatic rings. The molecule has 0 aliphatic rings.